The van der Waals surface area contributed by atoms with Crippen molar-refractivity contribution in [2.75, 3.05) is 5.32 Å². The number of amides is 1. The predicted molar refractivity (Wildman–Crippen MR) is 126 cm³/mol. The average Bonchev–Trinajstić information content (AvgIpc) is 3.51. The Balaban J connectivity index is 1.45. The van der Waals surface area contributed by atoms with E-state index in [9.17, 15) is 22.8 Å². The molecular formula is C26H27F3N4O3. The molecule has 0 bridgehead atoms. The molecular weight excluding hydrogens is 473 g/mol. The van der Waals surface area contributed by atoms with E-state index in [4.69, 9.17) is 4.74 Å². The number of hydrogen-bond acceptors (Lipinski definition) is 5. The van der Waals surface area contributed by atoms with Crippen LogP contribution in [-0.4, -0.2) is 26.6 Å². The highest BCUT2D eigenvalue weighted by atomic mass is 19.4. The van der Waals surface area contributed by atoms with Crippen LogP contribution in [0.3, 0.4) is 0 Å². The van der Waals surface area contributed by atoms with Crippen molar-refractivity contribution in [3.05, 3.63) is 77.2 Å². The van der Waals surface area contributed by atoms with E-state index >= 15 is 0 Å². The molecule has 1 unspecified atom stereocenters. The number of carbonyl (C=O) groups excluding carboxylic acids is 2. The molecule has 190 valence electrons. The summed E-state index contributed by atoms with van der Waals surface area (Å²) in [4.78, 5) is 29.6. The minimum absolute atomic E-state index is 0.0387. The molecule has 1 saturated carbocycles. The van der Waals surface area contributed by atoms with Gasteiger partial charge in [0.2, 0.25) is 5.91 Å². The zero-order valence-corrected chi connectivity index (χ0v) is 19.8. The van der Waals surface area contributed by atoms with Gasteiger partial charge < -0.3 is 10.1 Å². The van der Waals surface area contributed by atoms with Crippen LogP contribution >= 0.6 is 0 Å². The number of nitrogens with one attached hydrogen (secondary N) is 1. The molecule has 36 heavy (non-hydrogen) atoms. The van der Waals surface area contributed by atoms with Crippen LogP contribution in [0.5, 0.6) is 0 Å². The SMILES string of the molecule is Cc1cn(C(CC2CCCC2)C(=O)Nc2ccc(C(=O)OCc3ccccc3)cn2)nc1C(F)(F)F. The van der Waals surface area contributed by atoms with E-state index in [-0.39, 0.29) is 29.5 Å². The minimum Gasteiger partial charge on any atom is -0.457 e. The maximum atomic E-state index is 13.3. The van der Waals surface area contributed by atoms with Crippen LogP contribution in [0.4, 0.5) is 19.0 Å². The molecule has 1 aromatic carbocycles. The molecule has 4 rings (SSSR count). The van der Waals surface area contributed by atoms with Crippen molar-refractivity contribution in [2.45, 2.75) is 57.9 Å². The number of aryl methyl sites for hydroxylation is 1. The van der Waals surface area contributed by atoms with Gasteiger partial charge in [0.05, 0.1) is 5.56 Å². The summed E-state index contributed by atoms with van der Waals surface area (Å²) in [5, 5.41) is 6.38. The Morgan fingerprint density at radius 1 is 1.14 bits per heavy atom. The van der Waals surface area contributed by atoms with Gasteiger partial charge in [0.1, 0.15) is 18.5 Å². The highest BCUT2D eigenvalue weighted by molar-refractivity contribution is 5.93. The molecule has 10 heteroatoms. The first-order valence-electron chi connectivity index (χ1n) is 11.8. The van der Waals surface area contributed by atoms with Gasteiger partial charge in [0.25, 0.3) is 0 Å². The quantitative estimate of drug-likeness (QED) is 0.400. The van der Waals surface area contributed by atoms with Crippen molar-refractivity contribution in [3.8, 4) is 0 Å². The summed E-state index contributed by atoms with van der Waals surface area (Å²) >= 11 is 0. The lowest BCUT2D eigenvalue weighted by Crippen LogP contribution is -2.29. The number of rotatable bonds is 8. The molecule has 2 heterocycles. The van der Waals surface area contributed by atoms with E-state index in [1.54, 1.807) is 0 Å². The Labute approximate surface area is 206 Å². The zero-order valence-electron chi connectivity index (χ0n) is 19.8. The van der Waals surface area contributed by atoms with Crippen molar-refractivity contribution in [1.82, 2.24) is 14.8 Å². The average molecular weight is 501 g/mol. The fourth-order valence-corrected chi connectivity index (χ4v) is 4.42. The molecule has 3 aromatic rings. The van der Waals surface area contributed by atoms with Gasteiger partial charge in [-0.15, -0.1) is 0 Å². The molecule has 1 aliphatic carbocycles. The Bertz CT molecular complexity index is 1190. The number of pyridine rings is 1. The lowest BCUT2D eigenvalue weighted by molar-refractivity contribution is -0.142. The summed E-state index contributed by atoms with van der Waals surface area (Å²) in [6.07, 6.45) is 2.26. The van der Waals surface area contributed by atoms with Crippen LogP contribution in [0.15, 0.2) is 54.9 Å². The van der Waals surface area contributed by atoms with Crippen molar-refractivity contribution < 1.29 is 27.5 Å². The molecule has 7 nitrogen and oxygen atoms in total. The molecule has 0 radical (unpaired) electrons. The number of alkyl halides is 3. The normalized spacial score (nSPS) is 15.0. The number of esters is 1. The van der Waals surface area contributed by atoms with E-state index in [0.29, 0.717) is 6.42 Å². The Morgan fingerprint density at radius 3 is 2.47 bits per heavy atom. The molecule has 1 aliphatic rings. The fourth-order valence-electron chi connectivity index (χ4n) is 4.42. The second-order valence-corrected chi connectivity index (χ2v) is 9.02. The number of benzene rings is 1. The Morgan fingerprint density at radius 2 is 1.86 bits per heavy atom. The number of ether oxygens (including phenoxy) is 1. The monoisotopic (exact) mass is 500 g/mol. The summed E-state index contributed by atoms with van der Waals surface area (Å²) in [6.45, 7) is 1.44. The van der Waals surface area contributed by atoms with Gasteiger partial charge in [0, 0.05) is 12.4 Å². The summed E-state index contributed by atoms with van der Waals surface area (Å²) in [5.41, 5.74) is 0.0221. The summed E-state index contributed by atoms with van der Waals surface area (Å²) < 4.78 is 46.3. The number of aromatic nitrogens is 3. The number of anilines is 1. The van der Waals surface area contributed by atoms with Crippen molar-refractivity contribution in [3.63, 3.8) is 0 Å². The van der Waals surface area contributed by atoms with E-state index < -0.39 is 29.8 Å². The lowest BCUT2D eigenvalue weighted by atomic mass is 9.98. The van der Waals surface area contributed by atoms with Gasteiger partial charge in [-0.2, -0.15) is 18.3 Å². The topological polar surface area (TPSA) is 86.1 Å². The largest absolute Gasteiger partial charge is 0.457 e. The molecule has 1 fully saturated rings. The third-order valence-corrected chi connectivity index (χ3v) is 6.30. The number of halogens is 3. The summed E-state index contributed by atoms with van der Waals surface area (Å²) in [7, 11) is 0. The first-order valence-corrected chi connectivity index (χ1v) is 11.8. The van der Waals surface area contributed by atoms with Crippen LogP contribution < -0.4 is 5.32 Å². The summed E-state index contributed by atoms with van der Waals surface area (Å²) in [5.74, 6) is -0.662. The van der Waals surface area contributed by atoms with Gasteiger partial charge in [-0.25, -0.2) is 9.78 Å². The van der Waals surface area contributed by atoms with Gasteiger partial charge in [-0.3, -0.25) is 9.48 Å². The molecule has 2 aromatic heterocycles. The molecule has 0 saturated heterocycles. The molecule has 1 atom stereocenters. The van der Waals surface area contributed by atoms with Crippen molar-refractivity contribution in [2.24, 2.45) is 5.92 Å². The summed E-state index contributed by atoms with van der Waals surface area (Å²) in [6, 6.07) is 11.2. The third kappa shape index (κ3) is 6.30. The van der Waals surface area contributed by atoms with Crippen LogP contribution in [0.1, 0.15) is 65.3 Å². The molecule has 1 amide bonds. The Kier molecular flexibility index (Phi) is 7.71. The highest BCUT2D eigenvalue weighted by Gasteiger charge is 2.37. The van der Waals surface area contributed by atoms with Crippen LogP contribution in [0.25, 0.3) is 0 Å². The second kappa shape index (κ2) is 10.9. The maximum Gasteiger partial charge on any atom is 0.435 e. The lowest BCUT2D eigenvalue weighted by Gasteiger charge is -2.20. The van der Waals surface area contributed by atoms with Crippen LogP contribution in [0.2, 0.25) is 0 Å². The maximum absolute atomic E-state index is 13.3. The predicted octanol–water partition coefficient (Wildman–Crippen LogP) is 5.72. The minimum atomic E-state index is -4.60. The van der Waals surface area contributed by atoms with E-state index in [1.807, 2.05) is 30.3 Å². The van der Waals surface area contributed by atoms with Crippen molar-refractivity contribution >= 4 is 17.7 Å². The Hall–Kier alpha value is -3.69. The molecule has 0 aliphatic heterocycles. The molecule has 1 N–H and O–H groups in total. The second-order valence-electron chi connectivity index (χ2n) is 9.02. The smallest absolute Gasteiger partial charge is 0.435 e. The van der Waals surface area contributed by atoms with E-state index in [1.165, 1.54) is 31.5 Å². The third-order valence-electron chi connectivity index (χ3n) is 6.30. The fraction of sp³-hybridized carbons (Fsp3) is 0.385. The van der Waals surface area contributed by atoms with Crippen LogP contribution in [0, 0.1) is 12.8 Å². The number of carbonyl (C=O) groups is 2. The number of hydrogen-bond donors (Lipinski definition) is 1. The number of nitrogens with zero attached hydrogens (tertiary/aromatic N) is 3. The first kappa shape index (κ1) is 25.4. The zero-order chi connectivity index (χ0) is 25.7. The van der Waals surface area contributed by atoms with E-state index in [0.717, 1.165) is 35.9 Å². The van der Waals surface area contributed by atoms with Crippen molar-refractivity contribution in [1.29, 1.82) is 0 Å². The highest BCUT2D eigenvalue weighted by Crippen LogP contribution is 2.35. The molecule has 0 spiro atoms. The van der Waals surface area contributed by atoms with Gasteiger partial charge in [-0.1, -0.05) is 56.0 Å². The first-order chi connectivity index (χ1) is 17.2. The van der Waals surface area contributed by atoms with Gasteiger partial charge in [0.15, 0.2) is 5.69 Å². The van der Waals surface area contributed by atoms with E-state index in [2.05, 4.69) is 15.4 Å². The van der Waals surface area contributed by atoms with Gasteiger partial charge >= 0.3 is 12.1 Å². The standard InChI is InChI=1S/C26H27F3N4O3/c1-17-15-33(32-23(17)26(27,28)29)21(13-18-7-5-6-8-18)24(34)31-22-12-11-20(14-30-22)25(35)36-16-19-9-3-2-4-10-19/h2-4,9-12,14-15,18,21H,5-8,13,16H2,1H3,(H,30,31,34). The van der Waals surface area contributed by atoms with Gasteiger partial charge in [-0.05, 0) is 42.5 Å². The van der Waals surface area contributed by atoms with Crippen LogP contribution in [-0.2, 0) is 22.3 Å².